The molecular weight excluding hydrogens is 436 g/mol. The fourth-order valence-corrected chi connectivity index (χ4v) is 4.74. The molecule has 0 atom stereocenters. The molecule has 0 saturated heterocycles. The van der Waals surface area contributed by atoms with E-state index in [0.29, 0.717) is 28.2 Å². The van der Waals surface area contributed by atoms with Crippen LogP contribution in [0.15, 0.2) is 29.4 Å². The Kier molecular flexibility index (Phi) is 7.34. The molecule has 3 aromatic rings. The number of para-hydroxylation sites is 1. The van der Waals surface area contributed by atoms with Gasteiger partial charge in [-0.25, -0.2) is 4.79 Å². The van der Waals surface area contributed by atoms with Crippen molar-refractivity contribution < 1.29 is 19.1 Å². The van der Waals surface area contributed by atoms with E-state index in [0.717, 1.165) is 21.8 Å². The lowest BCUT2D eigenvalue weighted by molar-refractivity contribution is -0.113. The summed E-state index contributed by atoms with van der Waals surface area (Å²) in [6.45, 7) is 6.21. The Hall–Kier alpha value is -2.85. The van der Waals surface area contributed by atoms with E-state index in [4.69, 9.17) is 9.47 Å². The van der Waals surface area contributed by atoms with Crippen molar-refractivity contribution in [2.24, 2.45) is 7.05 Å². The van der Waals surface area contributed by atoms with Gasteiger partial charge in [0.15, 0.2) is 11.0 Å². The number of ether oxygens (including phenoxy) is 2. The van der Waals surface area contributed by atoms with E-state index in [1.54, 1.807) is 0 Å². The van der Waals surface area contributed by atoms with Crippen LogP contribution in [-0.2, 0) is 16.6 Å². The van der Waals surface area contributed by atoms with E-state index in [-0.39, 0.29) is 11.7 Å². The van der Waals surface area contributed by atoms with Gasteiger partial charge >= 0.3 is 5.97 Å². The highest BCUT2D eigenvalue weighted by Crippen LogP contribution is 2.33. The summed E-state index contributed by atoms with van der Waals surface area (Å²) < 4.78 is 12.4. The van der Waals surface area contributed by atoms with Gasteiger partial charge in [0.25, 0.3) is 0 Å². The molecule has 0 aliphatic heterocycles. The molecule has 1 aromatic carbocycles. The molecule has 0 bridgehead atoms. The zero-order valence-corrected chi connectivity index (χ0v) is 19.6. The summed E-state index contributed by atoms with van der Waals surface area (Å²) in [6, 6.07) is 7.63. The van der Waals surface area contributed by atoms with Gasteiger partial charge in [-0.15, -0.1) is 21.5 Å². The molecule has 31 heavy (non-hydrogen) atoms. The summed E-state index contributed by atoms with van der Waals surface area (Å²) in [7, 11) is 3.17. The van der Waals surface area contributed by atoms with Crippen LogP contribution in [0.25, 0.3) is 11.4 Å². The molecule has 0 aliphatic carbocycles. The monoisotopic (exact) mass is 460 g/mol. The van der Waals surface area contributed by atoms with E-state index >= 15 is 0 Å². The highest BCUT2D eigenvalue weighted by molar-refractivity contribution is 7.99. The smallest absolute Gasteiger partial charge is 0.341 e. The topological polar surface area (TPSA) is 95.3 Å². The first-order valence-corrected chi connectivity index (χ1v) is 11.4. The molecule has 0 unspecified atom stereocenters. The molecule has 1 N–H and O–H groups in total. The lowest BCUT2D eigenvalue weighted by Crippen LogP contribution is -2.16. The molecule has 0 fully saturated rings. The van der Waals surface area contributed by atoms with E-state index in [9.17, 15) is 9.59 Å². The van der Waals surface area contributed by atoms with Gasteiger partial charge in [-0.2, -0.15) is 0 Å². The van der Waals surface area contributed by atoms with Crippen molar-refractivity contribution in [2.75, 3.05) is 24.8 Å². The number of anilines is 1. The number of aryl methyl sites for hydroxylation is 1. The number of esters is 1. The number of hydrogen-bond donors (Lipinski definition) is 1. The maximum atomic E-state index is 12.5. The Bertz CT molecular complexity index is 1110. The molecule has 0 aliphatic rings. The number of rotatable bonds is 8. The van der Waals surface area contributed by atoms with Crippen molar-refractivity contribution in [2.45, 2.75) is 25.9 Å². The van der Waals surface area contributed by atoms with Crippen LogP contribution in [0.5, 0.6) is 5.75 Å². The summed E-state index contributed by atoms with van der Waals surface area (Å²) in [5, 5.41) is 12.4. The largest absolute Gasteiger partial charge is 0.493 e. The van der Waals surface area contributed by atoms with Crippen LogP contribution < -0.4 is 10.1 Å². The minimum Gasteiger partial charge on any atom is -0.493 e. The van der Waals surface area contributed by atoms with Crippen molar-refractivity contribution in [1.29, 1.82) is 0 Å². The van der Waals surface area contributed by atoms with Gasteiger partial charge in [-0.1, -0.05) is 23.9 Å². The van der Waals surface area contributed by atoms with Crippen LogP contribution in [-0.4, -0.2) is 46.1 Å². The van der Waals surface area contributed by atoms with Crippen LogP contribution in [0.4, 0.5) is 5.00 Å². The molecule has 164 valence electrons. The molecule has 3 rings (SSSR count). The highest BCUT2D eigenvalue weighted by atomic mass is 32.2. The number of thioether (sulfide) groups is 1. The molecule has 0 radical (unpaired) electrons. The Morgan fingerprint density at radius 1 is 1.23 bits per heavy atom. The lowest BCUT2D eigenvalue weighted by atomic mass is 10.1. The molecule has 0 spiro atoms. The summed E-state index contributed by atoms with van der Waals surface area (Å²) in [5.74, 6) is 0.805. The van der Waals surface area contributed by atoms with Gasteiger partial charge in [-0.3, -0.25) is 4.79 Å². The van der Waals surface area contributed by atoms with Crippen molar-refractivity contribution in [3.8, 4) is 17.1 Å². The zero-order valence-electron chi connectivity index (χ0n) is 18.0. The summed E-state index contributed by atoms with van der Waals surface area (Å²) in [6.07, 6.45) is 0. The number of amides is 1. The van der Waals surface area contributed by atoms with Crippen molar-refractivity contribution in [3.05, 3.63) is 40.3 Å². The number of methoxy groups -OCH3 is 1. The molecule has 10 heteroatoms. The number of benzene rings is 1. The third kappa shape index (κ3) is 4.91. The first-order valence-electron chi connectivity index (χ1n) is 9.59. The number of nitrogens with one attached hydrogen (secondary N) is 1. The van der Waals surface area contributed by atoms with Crippen LogP contribution in [0, 0.1) is 13.8 Å². The number of thiophene rings is 1. The van der Waals surface area contributed by atoms with Gasteiger partial charge < -0.3 is 19.4 Å². The van der Waals surface area contributed by atoms with Gasteiger partial charge in [0, 0.05) is 11.9 Å². The highest BCUT2D eigenvalue weighted by Gasteiger charge is 2.22. The summed E-state index contributed by atoms with van der Waals surface area (Å²) >= 11 is 2.62. The lowest BCUT2D eigenvalue weighted by Gasteiger charge is -2.09. The van der Waals surface area contributed by atoms with E-state index < -0.39 is 5.97 Å². The molecule has 2 aromatic heterocycles. The maximum absolute atomic E-state index is 12.5. The number of carbonyl (C=O) groups excluding carboxylic acids is 2. The van der Waals surface area contributed by atoms with Crippen LogP contribution in [0.1, 0.15) is 27.7 Å². The first-order chi connectivity index (χ1) is 14.9. The Morgan fingerprint density at radius 3 is 2.68 bits per heavy atom. The maximum Gasteiger partial charge on any atom is 0.341 e. The predicted octanol–water partition coefficient (Wildman–Crippen LogP) is 4.08. The van der Waals surface area contributed by atoms with E-state index in [1.807, 2.05) is 56.7 Å². The second-order valence-electron chi connectivity index (χ2n) is 6.61. The van der Waals surface area contributed by atoms with Crippen molar-refractivity contribution in [3.63, 3.8) is 0 Å². The third-order valence-electron chi connectivity index (χ3n) is 4.62. The standard InChI is InChI=1S/C21H24N4O4S2/c1-6-29-15-10-8-7-9-14(15)18-23-24-21(25(18)4)30-11-16(26)22-19-17(20(27)28-5)12(2)13(3)31-19/h7-10H,6,11H2,1-5H3,(H,22,26). The van der Waals surface area contributed by atoms with Crippen LogP contribution in [0.3, 0.4) is 0 Å². The van der Waals surface area contributed by atoms with Gasteiger partial charge in [-0.05, 0) is 38.5 Å². The molecule has 0 saturated carbocycles. The molecule has 2 heterocycles. The average Bonchev–Trinajstić information content (AvgIpc) is 3.25. The second-order valence-corrected chi connectivity index (χ2v) is 8.78. The number of aromatic nitrogens is 3. The number of nitrogens with zero attached hydrogens (tertiary/aromatic N) is 3. The SMILES string of the molecule is CCOc1ccccc1-c1nnc(SCC(=O)Nc2sc(C)c(C)c2C(=O)OC)n1C. The molecule has 8 nitrogen and oxygen atoms in total. The molecular formula is C21H24N4O4S2. The predicted molar refractivity (Wildman–Crippen MR) is 122 cm³/mol. The van der Waals surface area contributed by atoms with E-state index in [1.165, 1.54) is 30.2 Å². The normalized spacial score (nSPS) is 10.7. The van der Waals surface area contributed by atoms with Gasteiger partial charge in [0.1, 0.15) is 10.8 Å². The fraction of sp³-hybridized carbons (Fsp3) is 0.333. The van der Waals surface area contributed by atoms with Crippen LogP contribution >= 0.6 is 23.1 Å². The minimum absolute atomic E-state index is 0.121. The Labute approximate surface area is 189 Å². The third-order valence-corrected chi connectivity index (χ3v) is 6.77. The van der Waals surface area contributed by atoms with Gasteiger partial charge in [0.2, 0.25) is 5.91 Å². The summed E-state index contributed by atoms with van der Waals surface area (Å²) in [5.41, 5.74) is 2.05. The fourth-order valence-electron chi connectivity index (χ4n) is 2.96. The van der Waals surface area contributed by atoms with Gasteiger partial charge in [0.05, 0.1) is 30.6 Å². The Balaban J connectivity index is 1.72. The quantitative estimate of drug-likeness (QED) is 0.400. The average molecular weight is 461 g/mol. The molecule has 1 amide bonds. The van der Waals surface area contributed by atoms with Crippen LogP contribution in [0.2, 0.25) is 0 Å². The number of hydrogen-bond acceptors (Lipinski definition) is 8. The second kappa shape index (κ2) is 9.97. The Morgan fingerprint density at radius 2 is 1.97 bits per heavy atom. The van der Waals surface area contributed by atoms with Crippen molar-refractivity contribution >= 4 is 40.0 Å². The summed E-state index contributed by atoms with van der Waals surface area (Å²) in [4.78, 5) is 25.6. The minimum atomic E-state index is -0.462. The first kappa shape index (κ1) is 22.8. The number of carbonyl (C=O) groups is 2. The van der Waals surface area contributed by atoms with E-state index in [2.05, 4.69) is 15.5 Å². The zero-order chi connectivity index (χ0) is 22.5. The van der Waals surface area contributed by atoms with Crippen molar-refractivity contribution in [1.82, 2.24) is 14.8 Å².